The van der Waals surface area contributed by atoms with Gasteiger partial charge in [-0.05, 0) is 44.0 Å². The maximum Gasteiger partial charge on any atom is 0.244 e. The molecule has 0 spiro atoms. The Hall–Kier alpha value is -4.05. The molecule has 0 aliphatic rings. The highest BCUT2D eigenvalue weighted by atomic mass is 32.2. The molecule has 0 saturated carbocycles. The summed E-state index contributed by atoms with van der Waals surface area (Å²) in [6.07, 6.45) is 1.74. The molecule has 2 atom stereocenters. The van der Waals surface area contributed by atoms with E-state index in [0.29, 0.717) is 6.42 Å². The smallest absolute Gasteiger partial charge is 0.244 e. The molecule has 0 aliphatic heterocycles. The molecule has 0 unspecified atom stereocenters. The lowest BCUT2D eigenvalue weighted by molar-refractivity contribution is -0.140. The molecule has 0 heterocycles. The Balaban J connectivity index is 2.09. The van der Waals surface area contributed by atoms with Crippen molar-refractivity contribution in [1.29, 1.82) is 0 Å². The van der Waals surface area contributed by atoms with Gasteiger partial charge >= 0.3 is 0 Å². The first-order valence-electron chi connectivity index (χ1n) is 13.4. The van der Waals surface area contributed by atoms with E-state index in [1.54, 1.807) is 12.1 Å². The number of halogens is 1. The van der Waals surface area contributed by atoms with Crippen molar-refractivity contribution in [3.05, 3.63) is 101 Å². The highest BCUT2D eigenvalue weighted by Gasteiger charge is 2.34. The molecule has 3 aromatic carbocycles. The number of rotatable bonds is 13. The highest BCUT2D eigenvalue weighted by Crippen LogP contribution is 2.22. The van der Waals surface area contributed by atoms with E-state index >= 15 is 0 Å². The number of Topliss-reactive ketones (excluding diaryl/α,β-unsaturated/α-hetero) is 1. The summed E-state index contributed by atoms with van der Waals surface area (Å²) in [6.45, 7) is 4.19. The van der Waals surface area contributed by atoms with Gasteiger partial charge in [-0.3, -0.25) is 18.7 Å². The van der Waals surface area contributed by atoms with Gasteiger partial charge in [-0.25, -0.2) is 12.8 Å². The summed E-state index contributed by atoms with van der Waals surface area (Å²) in [7, 11) is -4.00. The van der Waals surface area contributed by atoms with E-state index in [4.69, 9.17) is 0 Å². The lowest BCUT2D eigenvalue weighted by atomic mass is 10.0. The normalized spacial score (nSPS) is 12.7. The molecule has 10 heteroatoms. The van der Waals surface area contributed by atoms with Crippen LogP contribution >= 0.6 is 0 Å². The Labute approximate surface area is 241 Å². The first-order valence-corrected chi connectivity index (χ1v) is 15.2. The van der Waals surface area contributed by atoms with Crippen molar-refractivity contribution in [1.82, 2.24) is 10.2 Å². The van der Waals surface area contributed by atoms with Gasteiger partial charge in [0.25, 0.3) is 0 Å². The molecule has 0 saturated heterocycles. The minimum atomic E-state index is -4.00. The van der Waals surface area contributed by atoms with Crippen molar-refractivity contribution in [3.63, 3.8) is 0 Å². The number of ketones is 1. The fourth-order valence-electron chi connectivity index (χ4n) is 4.30. The van der Waals surface area contributed by atoms with Crippen LogP contribution in [0.2, 0.25) is 0 Å². The predicted molar refractivity (Wildman–Crippen MR) is 157 cm³/mol. The summed E-state index contributed by atoms with van der Waals surface area (Å²) in [5, 5.41) is 2.92. The van der Waals surface area contributed by atoms with Crippen LogP contribution in [0.4, 0.5) is 10.1 Å². The van der Waals surface area contributed by atoms with Crippen LogP contribution < -0.4 is 9.62 Å². The van der Waals surface area contributed by atoms with Crippen molar-refractivity contribution >= 4 is 33.3 Å². The Morgan fingerprint density at radius 3 is 2.22 bits per heavy atom. The van der Waals surface area contributed by atoms with E-state index < -0.39 is 40.2 Å². The second-order valence-corrected chi connectivity index (χ2v) is 11.9. The summed E-state index contributed by atoms with van der Waals surface area (Å²) < 4.78 is 41.5. The van der Waals surface area contributed by atoms with Crippen LogP contribution in [0.25, 0.3) is 0 Å². The van der Waals surface area contributed by atoms with Gasteiger partial charge in [0, 0.05) is 30.1 Å². The topological polar surface area (TPSA) is 104 Å². The number of sulfonamides is 1. The maximum absolute atomic E-state index is 14.8. The number of hydrogen-bond acceptors (Lipinski definition) is 5. The van der Waals surface area contributed by atoms with Gasteiger partial charge in [0.2, 0.25) is 21.8 Å². The average Bonchev–Trinajstić information content (AvgIpc) is 2.94. The minimum absolute atomic E-state index is 0.127. The molecule has 8 nitrogen and oxygen atoms in total. The average molecular weight is 582 g/mol. The number of hydrogen-bond donors (Lipinski definition) is 1. The largest absolute Gasteiger partial charge is 0.352 e. The predicted octanol–water partition coefficient (Wildman–Crippen LogP) is 4.35. The van der Waals surface area contributed by atoms with Gasteiger partial charge in [0.05, 0.1) is 11.9 Å². The summed E-state index contributed by atoms with van der Waals surface area (Å²) in [6, 6.07) is 19.8. The Morgan fingerprint density at radius 1 is 0.951 bits per heavy atom. The first kappa shape index (κ1) is 31.5. The number of carbonyl (C=O) groups excluding carboxylic acids is 3. The van der Waals surface area contributed by atoms with Gasteiger partial charge in [-0.15, -0.1) is 0 Å². The molecule has 1 N–H and O–H groups in total. The second-order valence-electron chi connectivity index (χ2n) is 10.0. The fraction of sp³-hybridized carbons (Fsp3) is 0.323. The zero-order valence-corrected chi connectivity index (χ0v) is 24.5. The van der Waals surface area contributed by atoms with Gasteiger partial charge in [0.15, 0.2) is 5.78 Å². The highest BCUT2D eigenvalue weighted by molar-refractivity contribution is 7.92. The van der Waals surface area contributed by atoms with Crippen LogP contribution in [0.15, 0.2) is 78.9 Å². The molecular weight excluding hydrogens is 545 g/mol. The van der Waals surface area contributed by atoms with Crippen LogP contribution in [0.5, 0.6) is 0 Å². The van der Waals surface area contributed by atoms with Crippen LogP contribution in [-0.4, -0.2) is 55.8 Å². The van der Waals surface area contributed by atoms with Crippen molar-refractivity contribution < 1.29 is 27.2 Å². The Morgan fingerprint density at radius 2 is 1.61 bits per heavy atom. The number of amides is 2. The number of anilines is 1. The van der Waals surface area contributed by atoms with Crippen LogP contribution in [0, 0.1) is 5.82 Å². The Kier molecular flexibility index (Phi) is 10.8. The number of carbonyl (C=O) groups is 3. The molecule has 0 bridgehead atoms. The lowest BCUT2D eigenvalue weighted by Crippen LogP contribution is -2.54. The van der Waals surface area contributed by atoms with E-state index in [1.807, 2.05) is 44.2 Å². The maximum atomic E-state index is 14.8. The first-order chi connectivity index (χ1) is 19.4. The molecule has 0 fully saturated rings. The van der Waals surface area contributed by atoms with E-state index in [-0.39, 0.29) is 41.6 Å². The lowest BCUT2D eigenvalue weighted by Gasteiger charge is -2.34. The van der Waals surface area contributed by atoms with Gasteiger partial charge in [-0.1, -0.05) is 67.6 Å². The zero-order chi connectivity index (χ0) is 30.2. The van der Waals surface area contributed by atoms with Crippen LogP contribution in [-0.2, 0) is 32.6 Å². The molecule has 3 rings (SSSR count). The second kappa shape index (κ2) is 14.0. The van der Waals surface area contributed by atoms with Gasteiger partial charge in [-0.2, -0.15) is 0 Å². The number of benzene rings is 3. The quantitative estimate of drug-likeness (QED) is 0.303. The van der Waals surface area contributed by atoms with E-state index in [9.17, 15) is 27.2 Å². The van der Waals surface area contributed by atoms with Gasteiger partial charge < -0.3 is 10.2 Å². The van der Waals surface area contributed by atoms with Gasteiger partial charge in [0.1, 0.15) is 18.4 Å². The molecule has 0 aromatic heterocycles. The molecular formula is C31H36FN3O5S. The fourth-order valence-corrected chi connectivity index (χ4v) is 5.14. The third-order valence-electron chi connectivity index (χ3n) is 6.79. The van der Waals surface area contributed by atoms with Crippen LogP contribution in [0.3, 0.4) is 0 Å². The standard InChI is InChI=1S/C31H36FN3O5S/c1-5-22(2)33-31(38)29(18-24-12-7-6-8-13-24)34(20-26-14-9-10-17-28(26)32)30(37)21-35(41(4,39)40)27-16-11-15-25(19-27)23(3)36/h6-17,19,22,29H,5,18,20-21H2,1-4H3,(H,33,38)/t22-,29-/m0/s1. The van der Waals surface area contributed by atoms with Crippen molar-refractivity contribution in [2.45, 2.75) is 52.2 Å². The monoisotopic (exact) mass is 581 g/mol. The third-order valence-corrected chi connectivity index (χ3v) is 7.93. The number of nitrogens with zero attached hydrogens (tertiary/aromatic N) is 2. The van der Waals surface area contributed by atoms with Crippen molar-refractivity contribution in [2.24, 2.45) is 0 Å². The summed E-state index contributed by atoms with van der Waals surface area (Å²) in [4.78, 5) is 40.9. The van der Waals surface area contributed by atoms with E-state index in [2.05, 4.69) is 5.32 Å². The minimum Gasteiger partial charge on any atom is -0.352 e. The molecule has 41 heavy (non-hydrogen) atoms. The van der Waals surface area contributed by atoms with Crippen molar-refractivity contribution in [3.8, 4) is 0 Å². The van der Waals surface area contributed by atoms with Crippen LogP contribution in [0.1, 0.15) is 48.7 Å². The molecule has 218 valence electrons. The van der Waals surface area contributed by atoms with Crippen molar-refractivity contribution in [2.75, 3.05) is 17.1 Å². The summed E-state index contributed by atoms with van der Waals surface area (Å²) >= 11 is 0. The SMILES string of the molecule is CC[C@H](C)NC(=O)[C@H](Cc1ccccc1)N(Cc1ccccc1F)C(=O)CN(c1cccc(C(C)=O)c1)S(C)(=O)=O. The Bertz CT molecular complexity index is 1480. The number of nitrogens with one attached hydrogen (secondary N) is 1. The third kappa shape index (κ3) is 8.72. The summed E-state index contributed by atoms with van der Waals surface area (Å²) in [5.74, 6) is -1.96. The van der Waals surface area contributed by atoms with E-state index in [0.717, 1.165) is 16.1 Å². The molecule has 2 amide bonds. The summed E-state index contributed by atoms with van der Waals surface area (Å²) in [5.41, 5.74) is 1.36. The van der Waals surface area contributed by atoms with E-state index in [1.165, 1.54) is 48.2 Å². The zero-order valence-electron chi connectivity index (χ0n) is 23.7. The molecule has 3 aromatic rings. The molecule has 0 radical (unpaired) electrons. The molecule has 0 aliphatic carbocycles.